The van der Waals surface area contributed by atoms with Gasteiger partial charge in [0.25, 0.3) is 0 Å². The van der Waals surface area contributed by atoms with Crippen molar-refractivity contribution in [3.05, 3.63) is 24.3 Å². The molecule has 5 nitrogen and oxygen atoms in total. The first-order valence-corrected chi connectivity index (χ1v) is 10.2. The second kappa shape index (κ2) is 8.02. The van der Waals surface area contributed by atoms with Crippen molar-refractivity contribution in [1.82, 2.24) is 4.31 Å². The van der Waals surface area contributed by atoms with Crippen molar-refractivity contribution in [1.29, 1.82) is 0 Å². The molecule has 0 unspecified atom stereocenters. The number of nitrogens with zero attached hydrogens (tertiary/aromatic N) is 3. The van der Waals surface area contributed by atoms with Crippen molar-refractivity contribution in [3.8, 4) is 0 Å². The number of hydrogen-bond acceptors (Lipinski definition) is 4. The van der Waals surface area contributed by atoms with Gasteiger partial charge in [-0.1, -0.05) is 6.92 Å². The topological polar surface area (TPSA) is 43.9 Å². The minimum absolute atomic E-state index is 0.256. The van der Waals surface area contributed by atoms with Gasteiger partial charge in [0.1, 0.15) is 0 Å². The van der Waals surface area contributed by atoms with Crippen molar-refractivity contribution in [3.63, 3.8) is 0 Å². The smallest absolute Gasteiger partial charge is 0.214 e. The third-order valence-corrected chi connectivity index (χ3v) is 6.51. The summed E-state index contributed by atoms with van der Waals surface area (Å²) < 4.78 is 25.9. The molecule has 1 fully saturated rings. The Morgan fingerprint density at radius 3 is 2.00 bits per heavy atom. The second-order valence-electron chi connectivity index (χ2n) is 5.89. The number of piperazine rings is 1. The van der Waals surface area contributed by atoms with Crippen molar-refractivity contribution < 1.29 is 8.42 Å². The van der Waals surface area contributed by atoms with Crippen LogP contribution in [0.5, 0.6) is 0 Å². The molecule has 0 amide bonds. The Morgan fingerprint density at radius 1 is 0.957 bits per heavy atom. The fourth-order valence-corrected chi connectivity index (χ4v) is 4.57. The van der Waals surface area contributed by atoms with Crippen LogP contribution in [0.3, 0.4) is 0 Å². The molecular formula is C17H29N3O2S. The molecule has 1 aliphatic rings. The van der Waals surface area contributed by atoms with Crippen LogP contribution in [0.15, 0.2) is 24.3 Å². The maximum absolute atomic E-state index is 12.1. The zero-order chi connectivity index (χ0) is 16.9. The van der Waals surface area contributed by atoms with Crippen LogP contribution in [0, 0.1) is 0 Å². The molecule has 0 saturated carbocycles. The number of sulfonamides is 1. The standard InChI is InChI=1S/C17H29N3O2S/c1-4-15-23(21,22)20-13-11-19(12-14-20)17-9-7-16(8-10-17)18(5-2)6-3/h7-10H,4-6,11-15H2,1-3H3. The van der Waals surface area contributed by atoms with Crippen LogP contribution in [0.1, 0.15) is 27.2 Å². The van der Waals surface area contributed by atoms with E-state index in [1.807, 2.05) is 6.92 Å². The summed E-state index contributed by atoms with van der Waals surface area (Å²) in [4.78, 5) is 4.59. The van der Waals surface area contributed by atoms with E-state index < -0.39 is 10.0 Å². The van der Waals surface area contributed by atoms with E-state index >= 15 is 0 Å². The van der Waals surface area contributed by atoms with Gasteiger partial charge >= 0.3 is 0 Å². The average molecular weight is 340 g/mol. The normalized spacial score (nSPS) is 16.6. The molecule has 0 aliphatic carbocycles. The lowest BCUT2D eigenvalue weighted by atomic mass is 10.2. The molecule has 2 rings (SSSR count). The summed E-state index contributed by atoms with van der Waals surface area (Å²) in [6.07, 6.45) is 0.676. The first kappa shape index (κ1) is 18.1. The van der Waals surface area contributed by atoms with Crippen molar-refractivity contribution in [2.24, 2.45) is 0 Å². The van der Waals surface area contributed by atoms with E-state index in [-0.39, 0.29) is 5.75 Å². The van der Waals surface area contributed by atoms with Gasteiger partial charge < -0.3 is 9.80 Å². The van der Waals surface area contributed by atoms with E-state index in [1.54, 1.807) is 4.31 Å². The molecule has 1 aliphatic heterocycles. The molecular weight excluding hydrogens is 310 g/mol. The van der Waals surface area contributed by atoms with E-state index in [1.165, 1.54) is 11.4 Å². The van der Waals surface area contributed by atoms with Gasteiger partial charge in [-0.3, -0.25) is 0 Å². The first-order chi connectivity index (χ1) is 11.0. The van der Waals surface area contributed by atoms with Gasteiger partial charge in [-0.2, -0.15) is 4.31 Å². The third kappa shape index (κ3) is 4.38. The Labute approximate surface area is 140 Å². The lowest BCUT2D eigenvalue weighted by molar-refractivity contribution is 0.384. The highest BCUT2D eigenvalue weighted by Gasteiger charge is 2.26. The molecule has 0 radical (unpaired) electrons. The lowest BCUT2D eigenvalue weighted by Gasteiger charge is -2.35. The summed E-state index contributed by atoms with van der Waals surface area (Å²) in [6.45, 7) is 10.9. The summed E-state index contributed by atoms with van der Waals surface area (Å²) in [5, 5.41) is 0. The van der Waals surface area contributed by atoms with Crippen molar-refractivity contribution in [2.75, 3.05) is 54.8 Å². The van der Waals surface area contributed by atoms with Crippen LogP contribution in [-0.2, 0) is 10.0 Å². The SMILES string of the molecule is CCCS(=O)(=O)N1CCN(c2ccc(N(CC)CC)cc2)CC1. The highest BCUT2D eigenvalue weighted by molar-refractivity contribution is 7.89. The van der Waals surface area contributed by atoms with Gasteiger partial charge in [0.15, 0.2) is 0 Å². The number of anilines is 2. The number of benzene rings is 1. The predicted molar refractivity (Wildman–Crippen MR) is 97.9 cm³/mol. The Hall–Kier alpha value is -1.27. The molecule has 0 N–H and O–H groups in total. The lowest BCUT2D eigenvalue weighted by Crippen LogP contribution is -2.49. The van der Waals surface area contributed by atoms with E-state index in [2.05, 4.69) is 47.9 Å². The second-order valence-corrected chi connectivity index (χ2v) is 7.98. The van der Waals surface area contributed by atoms with Crippen LogP contribution in [0.25, 0.3) is 0 Å². The summed E-state index contributed by atoms with van der Waals surface area (Å²) in [5.41, 5.74) is 2.41. The van der Waals surface area contributed by atoms with Gasteiger partial charge in [-0.05, 0) is 44.5 Å². The van der Waals surface area contributed by atoms with Crippen LogP contribution in [-0.4, -0.2) is 57.7 Å². The van der Waals surface area contributed by atoms with Gasteiger partial charge in [0.2, 0.25) is 10.0 Å². The minimum Gasteiger partial charge on any atom is -0.372 e. The van der Waals surface area contributed by atoms with Crippen LogP contribution < -0.4 is 9.80 Å². The Bertz CT molecular complexity index is 574. The van der Waals surface area contributed by atoms with Crippen molar-refractivity contribution in [2.45, 2.75) is 27.2 Å². The van der Waals surface area contributed by atoms with E-state index in [0.717, 1.165) is 26.2 Å². The molecule has 6 heteroatoms. The Morgan fingerprint density at radius 2 is 1.52 bits per heavy atom. The Kier molecular flexibility index (Phi) is 6.30. The molecule has 1 heterocycles. The zero-order valence-corrected chi connectivity index (χ0v) is 15.3. The molecule has 0 atom stereocenters. The zero-order valence-electron chi connectivity index (χ0n) is 14.5. The third-order valence-electron chi connectivity index (χ3n) is 4.44. The fraction of sp³-hybridized carbons (Fsp3) is 0.647. The molecule has 0 bridgehead atoms. The molecule has 23 heavy (non-hydrogen) atoms. The molecule has 1 aromatic carbocycles. The summed E-state index contributed by atoms with van der Waals surface area (Å²) in [7, 11) is -3.06. The quantitative estimate of drug-likeness (QED) is 0.765. The van der Waals surface area contributed by atoms with Gasteiger partial charge in [-0.25, -0.2) is 8.42 Å². The van der Waals surface area contributed by atoms with Gasteiger partial charge in [0, 0.05) is 50.6 Å². The molecule has 1 saturated heterocycles. The fourth-order valence-electron chi connectivity index (χ4n) is 3.07. The Balaban J connectivity index is 1.98. The van der Waals surface area contributed by atoms with Crippen molar-refractivity contribution >= 4 is 21.4 Å². The molecule has 0 aromatic heterocycles. The highest BCUT2D eigenvalue weighted by Crippen LogP contribution is 2.22. The monoisotopic (exact) mass is 339 g/mol. The highest BCUT2D eigenvalue weighted by atomic mass is 32.2. The minimum atomic E-state index is -3.06. The summed E-state index contributed by atoms with van der Waals surface area (Å²) in [5.74, 6) is 0.256. The summed E-state index contributed by atoms with van der Waals surface area (Å²) >= 11 is 0. The van der Waals surface area contributed by atoms with E-state index in [4.69, 9.17) is 0 Å². The maximum Gasteiger partial charge on any atom is 0.214 e. The molecule has 1 aromatic rings. The molecule has 0 spiro atoms. The molecule has 130 valence electrons. The van der Waals surface area contributed by atoms with Crippen LogP contribution in [0.4, 0.5) is 11.4 Å². The number of hydrogen-bond donors (Lipinski definition) is 0. The average Bonchev–Trinajstić information content (AvgIpc) is 2.57. The van der Waals surface area contributed by atoms with Gasteiger partial charge in [0.05, 0.1) is 5.75 Å². The predicted octanol–water partition coefficient (Wildman–Crippen LogP) is 2.39. The number of rotatable bonds is 7. The van der Waals surface area contributed by atoms with E-state index in [9.17, 15) is 8.42 Å². The van der Waals surface area contributed by atoms with Crippen LogP contribution >= 0.6 is 0 Å². The van der Waals surface area contributed by atoms with E-state index in [0.29, 0.717) is 19.5 Å². The maximum atomic E-state index is 12.1. The largest absolute Gasteiger partial charge is 0.372 e. The van der Waals surface area contributed by atoms with Crippen LogP contribution in [0.2, 0.25) is 0 Å². The first-order valence-electron chi connectivity index (χ1n) is 8.59. The van der Waals surface area contributed by atoms with Gasteiger partial charge in [-0.15, -0.1) is 0 Å². The summed E-state index contributed by atoms with van der Waals surface area (Å²) in [6, 6.07) is 8.60.